The van der Waals surface area contributed by atoms with Crippen LogP contribution in [0, 0.1) is 6.92 Å². The highest BCUT2D eigenvalue weighted by atomic mass is 16.2. The molecule has 1 aromatic rings. The second kappa shape index (κ2) is 5.51. The van der Waals surface area contributed by atoms with Gasteiger partial charge in [0.25, 0.3) is 0 Å². The van der Waals surface area contributed by atoms with E-state index in [1.807, 2.05) is 32.0 Å². The molecule has 0 aliphatic heterocycles. The number of nitrogens with one attached hydrogen (secondary N) is 1. The molecule has 1 amide bonds. The quantitative estimate of drug-likeness (QED) is 0.781. The maximum atomic E-state index is 11.4. The van der Waals surface area contributed by atoms with Gasteiger partial charge in [-0.25, -0.2) is 0 Å². The van der Waals surface area contributed by atoms with E-state index in [1.54, 1.807) is 0 Å². The molecule has 0 bridgehead atoms. The molecule has 0 aromatic heterocycles. The Balaban J connectivity index is 2.47. The highest BCUT2D eigenvalue weighted by Crippen LogP contribution is 2.03. The molecule has 0 unspecified atom stereocenters. The van der Waals surface area contributed by atoms with Crippen molar-refractivity contribution in [2.75, 3.05) is 0 Å². The zero-order chi connectivity index (χ0) is 11.3. The summed E-state index contributed by atoms with van der Waals surface area (Å²) in [6, 6.07) is 7.66. The van der Waals surface area contributed by atoms with E-state index in [0.29, 0.717) is 13.0 Å². The van der Waals surface area contributed by atoms with Crippen molar-refractivity contribution in [3.63, 3.8) is 0 Å². The first-order chi connectivity index (χ1) is 7.13. The third kappa shape index (κ3) is 3.72. The van der Waals surface area contributed by atoms with Crippen LogP contribution in [0.15, 0.2) is 24.3 Å². The van der Waals surface area contributed by atoms with Crippen molar-refractivity contribution in [2.24, 2.45) is 5.73 Å². The minimum atomic E-state index is -0.394. The first kappa shape index (κ1) is 11.7. The lowest BCUT2D eigenvalue weighted by molar-refractivity contribution is -0.122. The Morgan fingerprint density at radius 1 is 1.53 bits per heavy atom. The average Bonchev–Trinajstić information content (AvgIpc) is 2.25. The fourth-order valence-electron chi connectivity index (χ4n) is 1.33. The summed E-state index contributed by atoms with van der Waals surface area (Å²) >= 11 is 0. The van der Waals surface area contributed by atoms with Crippen LogP contribution < -0.4 is 11.1 Å². The van der Waals surface area contributed by atoms with Gasteiger partial charge in [-0.3, -0.25) is 4.79 Å². The van der Waals surface area contributed by atoms with Crippen LogP contribution in [0.5, 0.6) is 0 Å². The maximum Gasteiger partial charge on any atom is 0.237 e. The Kier molecular flexibility index (Phi) is 4.31. The summed E-state index contributed by atoms with van der Waals surface area (Å²) in [6.45, 7) is 4.48. The predicted molar refractivity (Wildman–Crippen MR) is 61.3 cm³/mol. The van der Waals surface area contributed by atoms with E-state index in [4.69, 9.17) is 5.73 Å². The predicted octanol–water partition coefficient (Wildman–Crippen LogP) is 1.35. The van der Waals surface area contributed by atoms with Gasteiger partial charge in [-0.1, -0.05) is 36.8 Å². The number of carbonyl (C=O) groups is 1. The lowest BCUT2D eigenvalue weighted by Gasteiger charge is -2.10. The van der Waals surface area contributed by atoms with Crippen molar-refractivity contribution in [2.45, 2.75) is 32.9 Å². The SMILES string of the molecule is CC[C@H](N)C(=O)NCc1cccc(C)c1. The van der Waals surface area contributed by atoms with E-state index in [-0.39, 0.29) is 5.91 Å². The summed E-state index contributed by atoms with van der Waals surface area (Å²) in [4.78, 5) is 11.4. The molecule has 0 saturated heterocycles. The van der Waals surface area contributed by atoms with Gasteiger partial charge in [0.1, 0.15) is 0 Å². The second-order valence-electron chi connectivity index (χ2n) is 3.72. The molecule has 0 fully saturated rings. The van der Waals surface area contributed by atoms with Crippen molar-refractivity contribution < 1.29 is 4.79 Å². The summed E-state index contributed by atoms with van der Waals surface area (Å²) < 4.78 is 0. The number of amides is 1. The zero-order valence-corrected chi connectivity index (χ0v) is 9.29. The number of nitrogens with two attached hydrogens (primary N) is 1. The van der Waals surface area contributed by atoms with Crippen molar-refractivity contribution in [1.82, 2.24) is 5.32 Å². The van der Waals surface area contributed by atoms with Crippen LogP contribution in [0.25, 0.3) is 0 Å². The van der Waals surface area contributed by atoms with E-state index in [0.717, 1.165) is 5.56 Å². The van der Waals surface area contributed by atoms with Crippen molar-refractivity contribution in [3.8, 4) is 0 Å². The van der Waals surface area contributed by atoms with Gasteiger partial charge in [-0.05, 0) is 18.9 Å². The topological polar surface area (TPSA) is 55.1 Å². The van der Waals surface area contributed by atoms with Gasteiger partial charge in [0.05, 0.1) is 6.04 Å². The molecule has 15 heavy (non-hydrogen) atoms. The molecule has 0 spiro atoms. The third-order valence-corrected chi connectivity index (χ3v) is 2.33. The molecule has 3 nitrogen and oxygen atoms in total. The highest BCUT2D eigenvalue weighted by molar-refractivity contribution is 5.81. The minimum Gasteiger partial charge on any atom is -0.351 e. The summed E-state index contributed by atoms with van der Waals surface area (Å²) in [5.74, 6) is -0.0843. The minimum absolute atomic E-state index is 0.0843. The number of hydrogen-bond donors (Lipinski definition) is 2. The van der Waals surface area contributed by atoms with E-state index in [9.17, 15) is 4.79 Å². The maximum absolute atomic E-state index is 11.4. The summed E-state index contributed by atoms with van der Waals surface area (Å²) in [7, 11) is 0. The smallest absolute Gasteiger partial charge is 0.237 e. The van der Waals surface area contributed by atoms with Crippen LogP contribution in [0.2, 0.25) is 0 Å². The van der Waals surface area contributed by atoms with Crippen LogP contribution in [0.3, 0.4) is 0 Å². The van der Waals surface area contributed by atoms with Gasteiger partial charge in [0.15, 0.2) is 0 Å². The molecule has 0 heterocycles. The molecule has 1 rings (SSSR count). The molecular weight excluding hydrogens is 188 g/mol. The second-order valence-corrected chi connectivity index (χ2v) is 3.72. The van der Waals surface area contributed by atoms with Gasteiger partial charge >= 0.3 is 0 Å². The molecule has 0 radical (unpaired) electrons. The number of benzene rings is 1. The fraction of sp³-hybridized carbons (Fsp3) is 0.417. The van der Waals surface area contributed by atoms with Gasteiger partial charge in [0, 0.05) is 6.54 Å². The van der Waals surface area contributed by atoms with Crippen LogP contribution in [-0.4, -0.2) is 11.9 Å². The molecule has 0 aliphatic carbocycles. The molecular formula is C12H18N2O. The lowest BCUT2D eigenvalue weighted by atomic mass is 10.1. The zero-order valence-electron chi connectivity index (χ0n) is 9.29. The Morgan fingerprint density at radius 2 is 2.27 bits per heavy atom. The van der Waals surface area contributed by atoms with Gasteiger partial charge in [0.2, 0.25) is 5.91 Å². The van der Waals surface area contributed by atoms with Crippen molar-refractivity contribution in [1.29, 1.82) is 0 Å². The van der Waals surface area contributed by atoms with Crippen LogP contribution in [-0.2, 0) is 11.3 Å². The normalized spacial score (nSPS) is 12.2. The molecule has 0 saturated carbocycles. The average molecular weight is 206 g/mol. The van der Waals surface area contributed by atoms with E-state index < -0.39 is 6.04 Å². The van der Waals surface area contributed by atoms with Crippen molar-refractivity contribution >= 4 is 5.91 Å². The lowest BCUT2D eigenvalue weighted by Crippen LogP contribution is -2.39. The monoisotopic (exact) mass is 206 g/mol. The first-order valence-electron chi connectivity index (χ1n) is 5.22. The summed E-state index contributed by atoms with van der Waals surface area (Å²) in [5.41, 5.74) is 7.90. The van der Waals surface area contributed by atoms with E-state index >= 15 is 0 Å². The number of carbonyl (C=O) groups excluding carboxylic acids is 1. The largest absolute Gasteiger partial charge is 0.351 e. The Labute approximate surface area is 90.7 Å². The third-order valence-electron chi connectivity index (χ3n) is 2.33. The Hall–Kier alpha value is -1.35. The van der Waals surface area contributed by atoms with E-state index in [1.165, 1.54) is 5.56 Å². The molecule has 0 aliphatic rings. The Morgan fingerprint density at radius 3 is 2.87 bits per heavy atom. The highest BCUT2D eigenvalue weighted by Gasteiger charge is 2.09. The fourth-order valence-corrected chi connectivity index (χ4v) is 1.33. The number of aryl methyl sites for hydroxylation is 1. The van der Waals surface area contributed by atoms with Gasteiger partial charge in [-0.2, -0.15) is 0 Å². The van der Waals surface area contributed by atoms with Gasteiger partial charge < -0.3 is 11.1 Å². The first-order valence-corrected chi connectivity index (χ1v) is 5.22. The number of rotatable bonds is 4. The van der Waals surface area contributed by atoms with Crippen molar-refractivity contribution in [3.05, 3.63) is 35.4 Å². The van der Waals surface area contributed by atoms with Crippen LogP contribution >= 0.6 is 0 Å². The Bertz CT molecular complexity index is 336. The molecule has 1 atom stereocenters. The standard InChI is InChI=1S/C12H18N2O/c1-3-11(13)12(15)14-8-10-6-4-5-9(2)7-10/h4-7,11H,3,8,13H2,1-2H3,(H,14,15)/t11-/m0/s1. The van der Waals surface area contributed by atoms with Crippen LogP contribution in [0.4, 0.5) is 0 Å². The molecule has 82 valence electrons. The van der Waals surface area contributed by atoms with Crippen LogP contribution in [0.1, 0.15) is 24.5 Å². The molecule has 3 heteroatoms. The van der Waals surface area contributed by atoms with Gasteiger partial charge in [-0.15, -0.1) is 0 Å². The van der Waals surface area contributed by atoms with E-state index in [2.05, 4.69) is 11.4 Å². The summed E-state index contributed by atoms with van der Waals surface area (Å²) in [6.07, 6.45) is 0.666. The molecule has 1 aromatic carbocycles. The number of hydrogen-bond acceptors (Lipinski definition) is 2. The molecule has 3 N–H and O–H groups in total. The summed E-state index contributed by atoms with van der Waals surface area (Å²) in [5, 5.41) is 2.81.